The van der Waals surface area contributed by atoms with Crippen LogP contribution in [0.3, 0.4) is 0 Å². The molecule has 0 saturated heterocycles. The molecule has 0 aliphatic heterocycles. The minimum atomic E-state index is -0.713. The van der Waals surface area contributed by atoms with E-state index in [1.165, 1.54) is 19.2 Å². The Morgan fingerprint density at radius 2 is 2.12 bits per heavy atom. The number of methoxy groups -OCH3 is 1. The first-order valence-electron chi connectivity index (χ1n) is 7.49. The number of carbonyl (C=O) groups is 1. The summed E-state index contributed by atoms with van der Waals surface area (Å²) >= 11 is 5.17. The zero-order chi connectivity index (χ0) is 18.1. The Balaban J connectivity index is 2.51. The van der Waals surface area contributed by atoms with Crippen molar-refractivity contribution in [1.29, 1.82) is 0 Å². The number of nitrogens with one attached hydrogen (secondary N) is 1. The highest BCUT2D eigenvalue weighted by atomic mass is 32.1. The largest absolute Gasteiger partial charge is 0.465 e. The number of aromatic amines is 1. The molecule has 0 fully saturated rings. The number of aryl methyl sites for hydroxylation is 1. The molecule has 0 radical (unpaired) electrons. The molecule has 128 valence electrons. The fraction of sp³-hybridized carbons (Fsp3) is 0.176. The standard InChI is InChI=1S/C17H14FN3O3S/c1-3-21-14-13(15(22)20-17(21)25)10(16(23)24-2)8-12(19-14)9-6-4-5-7-11(9)18/h4-8H,3H2,1-2H3,(H,20,22,25). The SMILES string of the molecule is CCn1c(=S)[nH]c(=O)c2c(C(=O)OC)cc(-c3ccccc3F)nc21. The smallest absolute Gasteiger partial charge is 0.338 e. The quantitative estimate of drug-likeness (QED) is 0.574. The first-order valence-corrected chi connectivity index (χ1v) is 7.89. The first-order chi connectivity index (χ1) is 12.0. The number of hydrogen-bond acceptors (Lipinski definition) is 5. The van der Waals surface area contributed by atoms with Crippen molar-refractivity contribution in [2.75, 3.05) is 7.11 Å². The number of halogens is 1. The van der Waals surface area contributed by atoms with E-state index in [1.807, 2.05) is 6.92 Å². The number of carbonyl (C=O) groups excluding carboxylic acids is 1. The van der Waals surface area contributed by atoms with Crippen LogP contribution >= 0.6 is 12.2 Å². The first kappa shape index (κ1) is 17.0. The van der Waals surface area contributed by atoms with Gasteiger partial charge in [0.15, 0.2) is 4.77 Å². The maximum Gasteiger partial charge on any atom is 0.338 e. The molecule has 1 aromatic carbocycles. The number of aromatic nitrogens is 3. The molecule has 3 rings (SSSR count). The summed E-state index contributed by atoms with van der Waals surface area (Å²) in [7, 11) is 1.21. The zero-order valence-corrected chi connectivity index (χ0v) is 14.3. The molecule has 0 amide bonds. The van der Waals surface area contributed by atoms with Gasteiger partial charge in [-0.25, -0.2) is 14.2 Å². The number of rotatable bonds is 3. The van der Waals surface area contributed by atoms with E-state index in [1.54, 1.807) is 22.8 Å². The molecule has 0 aliphatic carbocycles. The second-order valence-electron chi connectivity index (χ2n) is 5.23. The lowest BCUT2D eigenvalue weighted by molar-refractivity contribution is 0.0603. The van der Waals surface area contributed by atoms with E-state index in [0.717, 1.165) is 0 Å². The summed E-state index contributed by atoms with van der Waals surface area (Å²) in [6, 6.07) is 7.41. The van der Waals surface area contributed by atoms with Gasteiger partial charge in [0.05, 0.1) is 23.8 Å². The fourth-order valence-corrected chi connectivity index (χ4v) is 2.95. The van der Waals surface area contributed by atoms with Gasteiger partial charge in [0.2, 0.25) is 0 Å². The molecule has 0 aliphatic rings. The van der Waals surface area contributed by atoms with Crippen molar-refractivity contribution in [1.82, 2.24) is 14.5 Å². The van der Waals surface area contributed by atoms with Crippen molar-refractivity contribution in [3.05, 3.63) is 56.8 Å². The van der Waals surface area contributed by atoms with Crippen LogP contribution < -0.4 is 5.56 Å². The summed E-state index contributed by atoms with van der Waals surface area (Å²) in [5.41, 5.74) is 0.0934. The predicted octanol–water partition coefficient (Wildman–Crippen LogP) is 3.07. The van der Waals surface area contributed by atoms with E-state index in [2.05, 4.69) is 9.97 Å². The van der Waals surface area contributed by atoms with E-state index in [4.69, 9.17) is 17.0 Å². The van der Waals surface area contributed by atoms with Crippen LogP contribution in [-0.4, -0.2) is 27.6 Å². The number of pyridine rings is 1. The molecule has 25 heavy (non-hydrogen) atoms. The zero-order valence-electron chi connectivity index (χ0n) is 13.5. The van der Waals surface area contributed by atoms with Gasteiger partial charge in [-0.1, -0.05) is 12.1 Å². The van der Waals surface area contributed by atoms with Crippen LogP contribution in [0, 0.1) is 10.6 Å². The third-order valence-corrected chi connectivity index (χ3v) is 4.14. The molecule has 3 aromatic rings. The highest BCUT2D eigenvalue weighted by molar-refractivity contribution is 7.71. The Morgan fingerprint density at radius 1 is 1.40 bits per heavy atom. The Hall–Kier alpha value is -2.87. The minimum absolute atomic E-state index is 0.00389. The van der Waals surface area contributed by atoms with E-state index in [-0.39, 0.29) is 32.6 Å². The van der Waals surface area contributed by atoms with Crippen molar-refractivity contribution in [3.8, 4) is 11.3 Å². The molecule has 2 aromatic heterocycles. The highest BCUT2D eigenvalue weighted by Crippen LogP contribution is 2.25. The van der Waals surface area contributed by atoms with Crippen molar-refractivity contribution in [3.63, 3.8) is 0 Å². The number of benzene rings is 1. The Morgan fingerprint density at radius 3 is 2.76 bits per heavy atom. The average Bonchev–Trinajstić information content (AvgIpc) is 2.60. The van der Waals surface area contributed by atoms with Crippen LogP contribution in [0.15, 0.2) is 35.1 Å². The lowest BCUT2D eigenvalue weighted by Gasteiger charge is -2.12. The number of ether oxygens (including phenoxy) is 1. The molecule has 0 spiro atoms. The summed E-state index contributed by atoms with van der Waals surface area (Å²) in [6.07, 6.45) is 0. The summed E-state index contributed by atoms with van der Waals surface area (Å²) in [5.74, 6) is -1.20. The average molecular weight is 359 g/mol. The second kappa shape index (κ2) is 6.56. The van der Waals surface area contributed by atoms with Crippen molar-refractivity contribution in [2.24, 2.45) is 0 Å². The molecular formula is C17H14FN3O3S. The summed E-state index contributed by atoms with van der Waals surface area (Å²) in [6.45, 7) is 2.24. The number of esters is 1. The fourth-order valence-electron chi connectivity index (χ4n) is 2.65. The monoisotopic (exact) mass is 359 g/mol. The molecular weight excluding hydrogens is 345 g/mol. The normalized spacial score (nSPS) is 10.8. The predicted molar refractivity (Wildman–Crippen MR) is 93.6 cm³/mol. The van der Waals surface area contributed by atoms with Gasteiger partial charge >= 0.3 is 5.97 Å². The summed E-state index contributed by atoms with van der Waals surface area (Å²) in [5, 5.41) is 0.0578. The number of H-pyrrole nitrogens is 1. The molecule has 0 saturated carbocycles. The number of nitrogens with zero attached hydrogens (tertiary/aromatic N) is 2. The summed E-state index contributed by atoms with van der Waals surface area (Å²) < 4.78 is 20.7. The molecule has 6 nitrogen and oxygen atoms in total. The van der Waals surface area contributed by atoms with E-state index >= 15 is 0 Å². The van der Waals surface area contributed by atoms with Crippen LogP contribution in [0.1, 0.15) is 17.3 Å². The van der Waals surface area contributed by atoms with Gasteiger partial charge in [-0.2, -0.15) is 0 Å². The van der Waals surface area contributed by atoms with Crippen LogP contribution in [0.4, 0.5) is 4.39 Å². The van der Waals surface area contributed by atoms with E-state index in [0.29, 0.717) is 6.54 Å². The van der Waals surface area contributed by atoms with Crippen LogP contribution in [-0.2, 0) is 11.3 Å². The van der Waals surface area contributed by atoms with E-state index < -0.39 is 17.3 Å². The van der Waals surface area contributed by atoms with Crippen molar-refractivity contribution in [2.45, 2.75) is 13.5 Å². The Labute approximate surface area is 146 Å². The van der Waals surface area contributed by atoms with Gasteiger partial charge in [-0.05, 0) is 37.3 Å². The van der Waals surface area contributed by atoms with Gasteiger partial charge in [0, 0.05) is 12.1 Å². The van der Waals surface area contributed by atoms with Crippen LogP contribution in [0.25, 0.3) is 22.3 Å². The number of hydrogen-bond donors (Lipinski definition) is 1. The molecule has 0 unspecified atom stereocenters. The van der Waals surface area contributed by atoms with Gasteiger partial charge < -0.3 is 9.30 Å². The Kier molecular flexibility index (Phi) is 4.45. The molecule has 0 bridgehead atoms. The Bertz CT molecular complexity index is 1100. The van der Waals surface area contributed by atoms with Crippen LogP contribution in [0.5, 0.6) is 0 Å². The van der Waals surface area contributed by atoms with Gasteiger partial charge in [-0.3, -0.25) is 9.78 Å². The number of fused-ring (bicyclic) bond motifs is 1. The summed E-state index contributed by atoms with van der Waals surface area (Å²) in [4.78, 5) is 31.5. The van der Waals surface area contributed by atoms with Gasteiger partial charge in [0.25, 0.3) is 5.56 Å². The van der Waals surface area contributed by atoms with Crippen molar-refractivity contribution < 1.29 is 13.9 Å². The van der Waals surface area contributed by atoms with Crippen LogP contribution in [0.2, 0.25) is 0 Å². The maximum absolute atomic E-state index is 14.2. The maximum atomic E-state index is 14.2. The van der Waals surface area contributed by atoms with Gasteiger partial charge in [0.1, 0.15) is 11.5 Å². The molecule has 2 heterocycles. The second-order valence-corrected chi connectivity index (χ2v) is 5.62. The molecule has 0 atom stereocenters. The topological polar surface area (TPSA) is 77.0 Å². The van der Waals surface area contributed by atoms with Crippen molar-refractivity contribution >= 4 is 29.2 Å². The lowest BCUT2D eigenvalue weighted by atomic mass is 10.1. The molecule has 1 N–H and O–H groups in total. The highest BCUT2D eigenvalue weighted by Gasteiger charge is 2.20. The third kappa shape index (κ3) is 2.85. The third-order valence-electron chi connectivity index (χ3n) is 3.82. The lowest BCUT2D eigenvalue weighted by Crippen LogP contribution is -2.19. The molecule has 8 heteroatoms. The van der Waals surface area contributed by atoms with E-state index in [9.17, 15) is 14.0 Å². The minimum Gasteiger partial charge on any atom is -0.465 e. The van der Waals surface area contributed by atoms with Gasteiger partial charge in [-0.15, -0.1) is 0 Å².